The van der Waals surface area contributed by atoms with Gasteiger partial charge in [-0.25, -0.2) is 0 Å². The van der Waals surface area contributed by atoms with Crippen molar-refractivity contribution in [3.63, 3.8) is 0 Å². The van der Waals surface area contributed by atoms with Crippen LogP contribution in [-0.2, 0) is 4.79 Å². The molecule has 0 saturated carbocycles. The Labute approximate surface area is 95.7 Å². The van der Waals surface area contributed by atoms with E-state index in [0.29, 0.717) is 0 Å². The van der Waals surface area contributed by atoms with E-state index < -0.39 is 12.2 Å². The fraction of sp³-hybridized carbons (Fsp3) is 0.444. The van der Waals surface area contributed by atoms with Gasteiger partial charge in [0.15, 0.2) is 5.12 Å². The SMILES string of the molecule is CC(=O)SCC(O)C(O)c1c[nH]c(=O)cn1. The van der Waals surface area contributed by atoms with Crippen molar-refractivity contribution >= 4 is 16.9 Å². The first-order chi connectivity index (χ1) is 7.50. The lowest BCUT2D eigenvalue weighted by atomic mass is 10.2. The zero-order valence-corrected chi connectivity index (χ0v) is 9.40. The van der Waals surface area contributed by atoms with Gasteiger partial charge < -0.3 is 15.2 Å². The van der Waals surface area contributed by atoms with E-state index in [1.807, 2.05) is 0 Å². The average molecular weight is 244 g/mol. The maximum atomic E-state index is 10.7. The minimum absolute atomic E-state index is 0.0807. The smallest absolute Gasteiger partial charge is 0.266 e. The normalized spacial score (nSPS) is 14.4. The van der Waals surface area contributed by atoms with Crippen LogP contribution in [0.25, 0.3) is 0 Å². The number of hydrogen-bond donors (Lipinski definition) is 3. The molecule has 2 atom stereocenters. The lowest BCUT2D eigenvalue weighted by Gasteiger charge is -2.15. The minimum atomic E-state index is -1.22. The van der Waals surface area contributed by atoms with Gasteiger partial charge in [-0.1, -0.05) is 11.8 Å². The lowest BCUT2D eigenvalue weighted by molar-refractivity contribution is -0.109. The van der Waals surface area contributed by atoms with E-state index >= 15 is 0 Å². The zero-order valence-electron chi connectivity index (χ0n) is 8.58. The predicted molar refractivity (Wildman–Crippen MR) is 59.0 cm³/mol. The van der Waals surface area contributed by atoms with E-state index in [0.717, 1.165) is 18.0 Å². The highest BCUT2D eigenvalue weighted by molar-refractivity contribution is 8.13. The third-order valence-electron chi connectivity index (χ3n) is 1.82. The van der Waals surface area contributed by atoms with Gasteiger partial charge >= 0.3 is 0 Å². The maximum absolute atomic E-state index is 10.7. The molecule has 0 aliphatic rings. The monoisotopic (exact) mass is 244 g/mol. The van der Waals surface area contributed by atoms with Crippen LogP contribution in [0.2, 0.25) is 0 Å². The van der Waals surface area contributed by atoms with Gasteiger partial charge in [0.1, 0.15) is 6.10 Å². The number of carbonyl (C=O) groups is 1. The van der Waals surface area contributed by atoms with Crippen LogP contribution in [0.5, 0.6) is 0 Å². The van der Waals surface area contributed by atoms with Crippen molar-refractivity contribution in [2.75, 3.05) is 5.75 Å². The number of aliphatic hydroxyl groups excluding tert-OH is 2. The van der Waals surface area contributed by atoms with E-state index in [2.05, 4.69) is 9.97 Å². The van der Waals surface area contributed by atoms with Crippen LogP contribution in [-0.4, -0.2) is 37.2 Å². The number of nitrogens with zero attached hydrogens (tertiary/aromatic N) is 1. The number of H-pyrrole nitrogens is 1. The molecule has 1 heterocycles. The number of thioether (sulfide) groups is 1. The summed E-state index contributed by atoms with van der Waals surface area (Å²) < 4.78 is 0. The standard InChI is InChI=1S/C9H12N2O4S/c1-5(12)16-4-7(13)9(15)6-2-11-8(14)3-10-6/h2-3,7,9,13,15H,4H2,1H3,(H,11,14). The van der Waals surface area contributed by atoms with Crippen molar-refractivity contribution in [3.8, 4) is 0 Å². The Bertz CT molecular complexity index is 400. The van der Waals surface area contributed by atoms with Crippen molar-refractivity contribution < 1.29 is 15.0 Å². The highest BCUT2D eigenvalue weighted by Gasteiger charge is 2.20. The van der Waals surface area contributed by atoms with Crippen LogP contribution in [0.3, 0.4) is 0 Å². The van der Waals surface area contributed by atoms with Crippen LogP contribution in [0.1, 0.15) is 18.7 Å². The van der Waals surface area contributed by atoms with Crippen molar-refractivity contribution in [2.45, 2.75) is 19.1 Å². The summed E-state index contributed by atoms with van der Waals surface area (Å²) in [6.45, 7) is 1.38. The summed E-state index contributed by atoms with van der Waals surface area (Å²) in [5, 5.41) is 19.0. The Morgan fingerprint density at radius 2 is 2.31 bits per heavy atom. The molecule has 0 saturated heterocycles. The van der Waals surface area contributed by atoms with Gasteiger partial charge in [0.05, 0.1) is 18.0 Å². The van der Waals surface area contributed by atoms with Crippen LogP contribution in [0.4, 0.5) is 0 Å². The molecule has 6 nitrogen and oxygen atoms in total. The molecule has 16 heavy (non-hydrogen) atoms. The fourth-order valence-electron chi connectivity index (χ4n) is 1.01. The molecule has 1 aromatic rings. The Kier molecular flexibility index (Phi) is 4.66. The van der Waals surface area contributed by atoms with Crippen molar-refractivity contribution in [3.05, 3.63) is 28.4 Å². The van der Waals surface area contributed by atoms with Gasteiger partial charge in [0, 0.05) is 18.9 Å². The number of carbonyl (C=O) groups excluding carboxylic acids is 1. The molecule has 2 unspecified atom stereocenters. The zero-order chi connectivity index (χ0) is 12.1. The Morgan fingerprint density at radius 3 is 2.81 bits per heavy atom. The van der Waals surface area contributed by atoms with Crippen LogP contribution in [0, 0.1) is 0 Å². The Hall–Kier alpha value is -1.18. The van der Waals surface area contributed by atoms with E-state index in [4.69, 9.17) is 0 Å². The summed E-state index contributed by atoms with van der Waals surface area (Å²) >= 11 is 0.917. The lowest BCUT2D eigenvalue weighted by Crippen LogP contribution is -2.23. The molecule has 1 aromatic heterocycles. The molecule has 7 heteroatoms. The molecule has 0 spiro atoms. The highest BCUT2D eigenvalue weighted by atomic mass is 32.2. The molecule has 3 N–H and O–H groups in total. The van der Waals surface area contributed by atoms with Gasteiger partial charge in [-0.3, -0.25) is 14.6 Å². The summed E-state index contributed by atoms with van der Waals surface area (Å²) in [4.78, 5) is 27.4. The molecule has 0 bridgehead atoms. The number of nitrogens with one attached hydrogen (secondary N) is 1. The molecule has 0 radical (unpaired) electrons. The van der Waals surface area contributed by atoms with E-state index in [1.54, 1.807) is 0 Å². The largest absolute Gasteiger partial charge is 0.389 e. The molecule has 0 aliphatic heterocycles. The van der Waals surface area contributed by atoms with Gasteiger partial charge in [-0.15, -0.1) is 0 Å². The predicted octanol–water partition coefficient (Wildman–Crippen LogP) is -0.556. The van der Waals surface area contributed by atoms with Gasteiger partial charge in [0.2, 0.25) is 0 Å². The van der Waals surface area contributed by atoms with Gasteiger partial charge in [-0.05, 0) is 0 Å². The fourth-order valence-corrected chi connectivity index (χ4v) is 1.59. The molecule has 0 aromatic carbocycles. The second-order valence-corrected chi connectivity index (χ2v) is 4.35. The van der Waals surface area contributed by atoms with Gasteiger partial charge in [-0.2, -0.15) is 0 Å². The first-order valence-corrected chi connectivity index (χ1v) is 5.53. The van der Waals surface area contributed by atoms with Crippen molar-refractivity contribution in [1.82, 2.24) is 9.97 Å². The van der Waals surface area contributed by atoms with Crippen molar-refractivity contribution in [1.29, 1.82) is 0 Å². The number of aromatic nitrogens is 2. The number of aromatic amines is 1. The number of rotatable bonds is 4. The van der Waals surface area contributed by atoms with Crippen LogP contribution >= 0.6 is 11.8 Å². The second-order valence-electron chi connectivity index (χ2n) is 3.15. The van der Waals surface area contributed by atoms with Gasteiger partial charge in [0.25, 0.3) is 5.56 Å². The molecular weight excluding hydrogens is 232 g/mol. The Morgan fingerprint density at radius 1 is 1.62 bits per heavy atom. The summed E-state index contributed by atoms with van der Waals surface area (Å²) in [5.41, 5.74) is -0.222. The van der Waals surface area contributed by atoms with E-state index in [-0.39, 0.29) is 22.1 Å². The highest BCUT2D eigenvalue weighted by Crippen LogP contribution is 2.16. The average Bonchev–Trinajstić information content (AvgIpc) is 2.26. The molecule has 88 valence electrons. The second kappa shape index (κ2) is 5.78. The van der Waals surface area contributed by atoms with Crippen LogP contribution in [0.15, 0.2) is 17.2 Å². The molecule has 0 amide bonds. The van der Waals surface area contributed by atoms with E-state index in [1.165, 1.54) is 13.1 Å². The molecular formula is C9H12N2O4S. The molecule has 0 fully saturated rings. The number of aliphatic hydroxyl groups is 2. The summed E-state index contributed by atoms with van der Waals surface area (Å²) in [5.74, 6) is 0.0807. The van der Waals surface area contributed by atoms with Crippen molar-refractivity contribution in [2.24, 2.45) is 0 Å². The Balaban J connectivity index is 2.62. The maximum Gasteiger partial charge on any atom is 0.266 e. The van der Waals surface area contributed by atoms with E-state index in [9.17, 15) is 19.8 Å². The quantitative estimate of drug-likeness (QED) is 0.656. The topological polar surface area (TPSA) is 103 Å². The molecule has 1 rings (SSSR count). The first kappa shape index (κ1) is 12.9. The third kappa shape index (κ3) is 3.76. The summed E-state index contributed by atoms with van der Waals surface area (Å²) in [6.07, 6.45) is -0.0751. The summed E-state index contributed by atoms with van der Waals surface area (Å²) in [7, 11) is 0. The summed E-state index contributed by atoms with van der Waals surface area (Å²) in [6, 6.07) is 0. The number of hydrogen-bond acceptors (Lipinski definition) is 6. The van der Waals surface area contributed by atoms with Crippen LogP contribution < -0.4 is 5.56 Å². The minimum Gasteiger partial charge on any atom is -0.389 e. The first-order valence-electron chi connectivity index (χ1n) is 4.55. The third-order valence-corrected chi connectivity index (χ3v) is 2.73. The molecule has 0 aliphatic carbocycles.